The second kappa shape index (κ2) is 5.94. The fourth-order valence-electron chi connectivity index (χ4n) is 1.33. The molecule has 0 saturated heterocycles. The Bertz CT molecular complexity index is 383. The van der Waals surface area contributed by atoms with E-state index >= 15 is 0 Å². The predicted molar refractivity (Wildman–Crippen MR) is 57.0 cm³/mol. The predicted octanol–water partition coefficient (Wildman–Crippen LogP) is 0.916. The van der Waals surface area contributed by atoms with Crippen LogP contribution in [0, 0.1) is 10.1 Å². The molecule has 1 aromatic rings. The average molecular weight is 243 g/mol. The minimum absolute atomic E-state index is 0.428. The molecule has 1 aromatic heterocycles. The second-order valence-electron chi connectivity index (χ2n) is 3.39. The molecule has 1 heterocycles. The third-order valence-corrected chi connectivity index (χ3v) is 2.13. The first kappa shape index (κ1) is 13.1. The number of methoxy groups -OCH3 is 1. The van der Waals surface area contributed by atoms with Crippen LogP contribution in [0.25, 0.3) is 0 Å². The smallest absolute Gasteiger partial charge is 0.363 e. The molecule has 0 aliphatic carbocycles. The number of aromatic carboxylic acids is 1. The van der Waals surface area contributed by atoms with Gasteiger partial charge in [0.05, 0.1) is 4.92 Å². The number of rotatable bonds is 7. The Morgan fingerprint density at radius 2 is 2.35 bits per heavy atom. The van der Waals surface area contributed by atoms with Crippen LogP contribution in [0.2, 0.25) is 0 Å². The van der Waals surface area contributed by atoms with Gasteiger partial charge in [-0.05, 0) is 12.8 Å². The molecule has 0 amide bonds. The summed E-state index contributed by atoms with van der Waals surface area (Å²) in [7, 11) is 1.58. The Labute approximate surface area is 97.0 Å². The molecule has 1 rings (SSSR count). The first-order valence-corrected chi connectivity index (χ1v) is 5.00. The summed E-state index contributed by atoms with van der Waals surface area (Å²) in [5.41, 5.74) is -1.01. The highest BCUT2D eigenvalue weighted by Crippen LogP contribution is 2.16. The average Bonchev–Trinajstić information content (AvgIpc) is 2.69. The zero-order chi connectivity index (χ0) is 12.8. The summed E-state index contributed by atoms with van der Waals surface area (Å²) in [6.07, 6.45) is 2.63. The van der Waals surface area contributed by atoms with Crippen LogP contribution < -0.4 is 0 Å². The van der Waals surface area contributed by atoms with Crippen molar-refractivity contribution >= 4 is 11.7 Å². The third kappa shape index (κ3) is 3.52. The van der Waals surface area contributed by atoms with Crippen LogP contribution in [0.3, 0.4) is 0 Å². The summed E-state index contributed by atoms with van der Waals surface area (Å²) >= 11 is 0. The number of nitro groups is 1. The van der Waals surface area contributed by atoms with Gasteiger partial charge < -0.3 is 9.84 Å². The number of aromatic nitrogens is 2. The van der Waals surface area contributed by atoms with E-state index in [0.29, 0.717) is 19.6 Å². The normalized spacial score (nSPS) is 10.4. The molecule has 0 bridgehead atoms. The second-order valence-corrected chi connectivity index (χ2v) is 3.39. The van der Waals surface area contributed by atoms with Crippen LogP contribution in [-0.4, -0.2) is 39.5 Å². The summed E-state index contributed by atoms with van der Waals surface area (Å²) in [6.45, 7) is 1.02. The van der Waals surface area contributed by atoms with E-state index in [1.54, 1.807) is 7.11 Å². The maximum atomic E-state index is 10.7. The maximum Gasteiger partial charge on any atom is 0.363 e. The monoisotopic (exact) mass is 243 g/mol. The van der Waals surface area contributed by atoms with Crippen molar-refractivity contribution in [2.24, 2.45) is 0 Å². The van der Waals surface area contributed by atoms with E-state index in [1.807, 2.05) is 0 Å². The zero-order valence-electron chi connectivity index (χ0n) is 9.33. The molecule has 94 valence electrons. The summed E-state index contributed by atoms with van der Waals surface area (Å²) < 4.78 is 6.13. The highest BCUT2D eigenvalue weighted by molar-refractivity contribution is 5.89. The van der Waals surface area contributed by atoms with Crippen molar-refractivity contribution < 1.29 is 19.6 Å². The van der Waals surface area contributed by atoms with Crippen molar-refractivity contribution in [2.75, 3.05) is 13.7 Å². The van der Waals surface area contributed by atoms with Crippen LogP contribution in [0.5, 0.6) is 0 Å². The van der Waals surface area contributed by atoms with Crippen LogP contribution in [0.4, 0.5) is 5.69 Å². The molecule has 0 unspecified atom stereocenters. The number of aryl methyl sites for hydroxylation is 1. The van der Waals surface area contributed by atoms with E-state index in [1.165, 1.54) is 4.68 Å². The van der Waals surface area contributed by atoms with E-state index in [-0.39, 0.29) is 0 Å². The molecule has 0 aliphatic heterocycles. The highest BCUT2D eigenvalue weighted by atomic mass is 16.6. The van der Waals surface area contributed by atoms with Gasteiger partial charge in [-0.1, -0.05) is 0 Å². The van der Waals surface area contributed by atoms with Crippen LogP contribution >= 0.6 is 0 Å². The number of carboxylic acid groups (broad SMARTS) is 1. The Morgan fingerprint density at radius 3 is 2.82 bits per heavy atom. The topological polar surface area (TPSA) is 107 Å². The van der Waals surface area contributed by atoms with Crippen molar-refractivity contribution in [3.8, 4) is 0 Å². The fourth-order valence-corrected chi connectivity index (χ4v) is 1.33. The van der Waals surface area contributed by atoms with E-state index in [4.69, 9.17) is 9.84 Å². The first-order valence-electron chi connectivity index (χ1n) is 5.00. The van der Waals surface area contributed by atoms with Gasteiger partial charge in [-0.2, -0.15) is 5.10 Å². The standard InChI is InChI=1S/C9H13N3O5/c1-17-5-3-2-4-11-6-7(12(15)16)8(10-11)9(13)14/h6H,2-5H2,1H3,(H,13,14). The lowest BCUT2D eigenvalue weighted by Gasteiger charge is -1.99. The SMILES string of the molecule is COCCCCn1cc([N+](=O)[O-])c(C(=O)O)n1. The van der Waals surface area contributed by atoms with Gasteiger partial charge in [0, 0.05) is 20.3 Å². The van der Waals surface area contributed by atoms with Crippen LogP contribution in [0.1, 0.15) is 23.3 Å². The van der Waals surface area contributed by atoms with Crippen molar-refractivity contribution in [1.29, 1.82) is 0 Å². The minimum Gasteiger partial charge on any atom is -0.476 e. The molecule has 0 saturated carbocycles. The lowest BCUT2D eigenvalue weighted by atomic mass is 10.3. The lowest BCUT2D eigenvalue weighted by Crippen LogP contribution is -2.04. The number of nitrogens with zero attached hydrogens (tertiary/aromatic N) is 3. The zero-order valence-corrected chi connectivity index (χ0v) is 9.33. The van der Waals surface area contributed by atoms with Gasteiger partial charge >= 0.3 is 11.7 Å². The van der Waals surface area contributed by atoms with Gasteiger partial charge in [0.15, 0.2) is 0 Å². The molecule has 0 radical (unpaired) electrons. The number of unbranched alkanes of at least 4 members (excludes halogenated alkanes) is 1. The summed E-state index contributed by atoms with van der Waals surface area (Å²) in [5.74, 6) is -1.40. The Morgan fingerprint density at radius 1 is 1.65 bits per heavy atom. The molecular formula is C9H13N3O5. The van der Waals surface area contributed by atoms with Gasteiger partial charge in [-0.15, -0.1) is 0 Å². The van der Waals surface area contributed by atoms with Crippen LogP contribution in [-0.2, 0) is 11.3 Å². The van der Waals surface area contributed by atoms with Gasteiger partial charge in [0.2, 0.25) is 5.69 Å². The van der Waals surface area contributed by atoms with Gasteiger partial charge in [0.1, 0.15) is 6.20 Å². The Balaban J connectivity index is 2.71. The summed E-state index contributed by atoms with van der Waals surface area (Å²) in [6, 6.07) is 0. The molecule has 0 fully saturated rings. The van der Waals surface area contributed by atoms with E-state index in [2.05, 4.69) is 5.10 Å². The molecule has 0 spiro atoms. The number of ether oxygens (including phenoxy) is 1. The van der Waals surface area contributed by atoms with Crippen LogP contribution in [0.15, 0.2) is 6.20 Å². The Hall–Kier alpha value is -1.96. The maximum absolute atomic E-state index is 10.7. The molecule has 1 N–H and O–H groups in total. The first-order chi connectivity index (χ1) is 8.06. The summed E-state index contributed by atoms with van der Waals surface area (Å²) in [4.78, 5) is 20.6. The van der Waals surface area contributed by atoms with Gasteiger partial charge in [-0.25, -0.2) is 4.79 Å². The minimum atomic E-state index is -1.40. The third-order valence-electron chi connectivity index (χ3n) is 2.13. The molecule has 8 nitrogen and oxygen atoms in total. The van der Waals surface area contributed by atoms with Crippen molar-refractivity contribution in [3.63, 3.8) is 0 Å². The van der Waals surface area contributed by atoms with Crippen molar-refractivity contribution in [1.82, 2.24) is 9.78 Å². The van der Waals surface area contributed by atoms with Crippen molar-refractivity contribution in [2.45, 2.75) is 19.4 Å². The molecular weight excluding hydrogens is 230 g/mol. The Kier molecular flexibility index (Phi) is 4.58. The number of carboxylic acids is 1. The van der Waals surface area contributed by atoms with Gasteiger partial charge in [0.25, 0.3) is 0 Å². The number of hydrogen-bond donors (Lipinski definition) is 1. The number of carbonyl (C=O) groups is 1. The lowest BCUT2D eigenvalue weighted by molar-refractivity contribution is -0.385. The summed E-state index contributed by atoms with van der Waals surface area (Å²) in [5, 5.41) is 23.0. The van der Waals surface area contributed by atoms with E-state index in [9.17, 15) is 14.9 Å². The van der Waals surface area contributed by atoms with Gasteiger partial charge in [-0.3, -0.25) is 14.8 Å². The number of hydrogen-bond acceptors (Lipinski definition) is 5. The molecule has 0 atom stereocenters. The highest BCUT2D eigenvalue weighted by Gasteiger charge is 2.24. The molecule has 8 heteroatoms. The quantitative estimate of drug-likeness (QED) is 0.433. The molecule has 0 aliphatic rings. The molecule has 0 aromatic carbocycles. The van der Waals surface area contributed by atoms with E-state index < -0.39 is 22.3 Å². The molecule has 17 heavy (non-hydrogen) atoms. The fraction of sp³-hybridized carbons (Fsp3) is 0.556. The van der Waals surface area contributed by atoms with Crippen molar-refractivity contribution in [3.05, 3.63) is 22.0 Å². The largest absolute Gasteiger partial charge is 0.476 e. The van der Waals surface area contributed by atoms with E-state index in [0.717, 1.165) is 12.6 Å².